The van der Waals surface area contributed by atoms with E-state index in [1.54, 1.807) is 11.3 Å². The second-order valence-corrected chi connectivity index (χ2v) is 5.66. The van der Waals surface area contributed by atoms with Crippen LogP contribution < -0.4 is 5.32 Å². The fourth-order valence-corrected chi connectivity index (χ4v) is 2.96. The number of rotatable bonds is 5. The minimum Gasteiger partial charge on any atom is -0.309 e. The van der Waals surface area contributed by atoms with Gasteiger partial charge in [0.25, 0.3) is 0 Å². The lowest BCUT2D eigenvalue weighted by atomic mass is 10.2. The van der Waals surface area contributed by atoms with Crippen molar-refractivity contribution in [2.75, 3.05) is 6.54 Å². The van der Waals surface area contributed by atoms with Crippen LogP contribution >= 0.6 is 11.3 Å². The highest BCUT2D eigenvalue weighted by Gasteiger charge is 2.11. The maximum absolute atomic E-state index is 4.46. The highest BCUT2D eigenvalue weighted by Crippen LogP contribution is 2.24. The van der Waals surface area contributed by atoms with Gasteiger partial charge >= 0.3 is 0 Å². The molecule has 0 spiro atoms. The number of aromatic nitrogens is 2. The third-order valence-corrected chi connectivity index (χ3v) is 4.15. The van der Waals surface area contributed by atoms with Crippen LogP contribution in [0.5, 0.6) is 0 Å². The highest BCUT2D eigenvalue weighted by molar-refractivity contribution is 7.11. The molecule has 0 aromatic carbocycles. The molecule has 96 valence electrons. The minimum atomic E-state index is 0.361. The molecule has 1 unspecified atom stereocenters. The molecule has 1 atom stereocenters. The zero-order valence-electron chi connectivity index (χ0n) is 11.1. The molecule has 4 heteroatoms. The van der Waals surface area contributed by atoms with E-state index in [4.69, 9.17) is 0 Å². The topological polar surface area (TPSA) is 37.8 Å². The van der Waals surface area contributed by atoms with E-state index < -0.39 is 0 Å². The Hall–Kier alpha value is -1.26. The largest absolute Gasteiger partial charge is 0.309 e. The van der Waals surface area contributed by atoms with Gasteiger partial charge in [0, 0.05) is 35.8 Å². The van der Waals surface area contributed by atoms with Crippen molar-refractivity contribution in [1.82, 2.24) is 15.3 Å². The van der Waals surface area contributed by atoms with Gasteiger partial charge < -0.3 is 5.32 Å². The third-order valence-electron chi connectivity index (χ3n) is 2.89. The van der Waals surface area contributed by atoms with Gasteiger partial charge in [-0.2, -0.15) is 0 Å². The smallest absolute Gasteiger partial charge is 0.0900 e. The average Bonchev–Trinajstić information content (AvgIpc) is 2.70. The summed E-state index contributed by atoms with van der Waals surface area (Å²) in [6.45, 7) is 7.27. The van der Waals surface area contributed by atoms with Gasteiger partial charge in [-0.25, -0.2) is 4.98 Å². The summed E-state index contributed by atoms with van der Waals surface area (Å²) in [6.07, 6.45) is 2.80. The molecule has 0 aliphatic carbocycles. The van der Waals surface area contributed by atoms with Gasteiger partial charge in [-0.3, -0.25) is 4.98 Å². The number of hydrogen-bond donors (Lipinski definition) is 1. The molecule has 0 radical (unpaired) electrons. The standard InChI is InChI=1S/C14H19N3S/c1-10(14-11(2)17-12(3)18-14)15-9-7-13-6-4-5-8-16-13/h4-6,8,10,15H,7,9H2,1-3H3. The highest BCUT2D eigenvalue weighted by atomic mass is 32.1. The average molecular weight is 261 g/mol. The molecule has 0 aliphatic rings. The van der Waals surface area contributed by atoms with E-state index in [2.05, 4.69) is 42.1 Å². The van der Waals surface area contributed by atoms with Crippen LogP contribution in [0.3, 0.4) is 0 Å². The zero-order valence-corrected chi connectivity index (χ0v) is 11.9. The van der Waals surface area contributed by atoms with E-state index in [1.807, 2.05) is 18.3 Å². The first-order chi connectivity index (χ1) is 8.66. The van der Waals surface area contributed by atoms with Crippen LogP contribution in [-0.2, 0) is 6.42 Å². The monoisotopic (exact) mass is 261 g/mol. The molecule has 18 heavy (non-hydrogen) atoms. The molecule has 1 N–H and O–H groups in total. The van der Waals surface area contributed by atoms with E-state index in [1.165, 1.54) is 4.88 Å². The molecule has 0 saturated heterocycles. The molecular weight excluding hydrogens is 242 g/mol. The molecule has 0 saturated carbocycles. The molecular formula is C14H19N3S. The van der Waals surface area contributed by atoms with Crippen molar-refractivity contribution in [3.63, 3.8) is 0 Å². The predicted octanol–water partition coefficient (Wildman–Crippen LogP) is 3.05. The summed E-state index contributed by atoms with van der Waals surface area (Å²) in [5.41, 5.74) is 2.28. The molecule has 0 aliphatic heterocycles. The van der Waals surface area contributed by atoms with Crippen molar-refractivity contribution < 1.29 is 0 Å². The Bertz CT molecular complexity index is 493. The fourth-order valence-electron chi connectivity index (χ4n) is 2.00. The number of hydrogen-bond acceptors (Lipinski definition) is 4. The first kappa shape index (κ1) is 13.2. The quantitative estimate of drug-likeness (QED) is 0.899. The Balaban J connectivity index is 1.85. The van der Waals surface area contributed by atoms with Gasteiger partial charge in [0.2, 0.25) is 0 Å². The Morgan fingerprint density at radius 3 is 2.78 bits per heavy atom. The van der Waals surface area contributed by atoms with Crippen molar-refractivity contribution in [2.45, 2.75) is 33.2 Å². The van der Waals surface area contributed by atoms with Gasteiger partial charge in [-0.1, -0.05) is 6.07 Å². The van der Waals surface area contributed by atoms with E-state index in [-0.39, 0.29) is 0 Å². The van der Waals surface area contributed by atoms with Crippen LogP contribution in [0.25, 0.3) is 0 Å². The molecule has 0 fully saturated rings. The summed E-state index contributed by atoms with van der Waals surface area (Å²) >= 11 is 1.78. The molecule has 3 nitrogen and oxygen atoms in total. The van der Waals surface area contributed by atoms with Crippen molar-refractivity contribution in [2.24, 2.45) is 0 Å². The number of pyridine rings is 1. The van der Waals surface area contributed by atoms with Crippen molar-refractivity contribution in [1.29, 1.82) is 0 Å². The van der Waals surface area contributed by atoms with Crippen LogP contribution in [0.15, 0.2) is 24.4 Å². The summed E-state index contributed by atoms with van der Waals surface area (Å²) in [7, 11) is 0. The number of aryl methyl sites for hydroxylation is 2. The normalized spacial score (nSPS) is 12.6. The summed E-state index contributed by atoms with van der Waals surface area (Å²) in [4.78, 5) is 10.1. The second kappa shape index (κ2) is 6.07. The Morgan fingerprint density at radius 2 is 2.17 bits per heavy atom. The second-order valence-electron chi connectivity index (χ2n) is 4.43. The van der Waals surface area contributed by atoms with E-state index >= 15 is 0 Å². The molecule has 2 heterocycles. The number of thiazole rings is 1. The van der Waals surface area contributed by atoms with Crippen LogP contribution in [0, 0.1) is 13.8 Å². The van der Waals surface area contributed by atoms with Crippen molar-refractivity contribution in [3.05, 3.63) is 45.7 Å². The van der Waals surface area contributed by atoms with Crippen molar-refractivity contribution in [3.8, 4) is 0 Å². The van der Waals surface area contributed by atoms with Crippen LogP contribution in [-0.4, -0.2) is 16.5 Å². The lowest BCUT2D eigenvalue weighted by Crippen LogP contribution is -2.21. The molecule has 2 aromatic heterocycles. The van der Waals surface area contributed by atoms with Crippen molar-refractivity contribution >= 4 is 11.3 Å². The molecule has 0 amide bonds. The first-order valence-corrected chi connectivity index (χ1v) is 7.05. The predicted molar refractivity (Wildman–Crippen MR) is 75.9 cm³/mol. The van der Waals surface area contributed by atoms with Gasteiger partial charge in [0.1, 0.15) is 0 Å². The lowest BCUT2D eigenvalue weighted by molar-refractivity contribution is 0.578. The summed E-state index contributed by atoms with van der Waals surface area (Å²) in [5, 5.41) is 4.67. The minimum absolute atomic E-state index is 0.361. The fraction of sp³-hybridized carbons (Fsp3) is 0.429. The number of nitrogens with one attached hydrogen (secondary N) is 1. The van der Waals surface area contributed by atoms with Gasteiger partial charge in [-0.15, -0.1) is 11.3 Å². The molecule has 2 aromatic rings. The van der Waals surface area contributed by atoms with E-state index in [0.29, 0.717) is 6.04 Å². The Morgan fingerprint density at radius 1 is 1.33 bits per heavy atom. The van der Waals surface area contributed by atoms with E-state index in [9.17, 15) is 0 Å². The lowest BCUT2D eigenvalue weighted by Gasteiger charge is -2.12. The van der Waals surface area contributed by atoms with Crippen LogP contribution in [0.2, 0.25) is 0 Å². The number of nitrogens with zero attached hydrogens (tertiary/aromatic N) is 2. The third kappa shape index (κ3) is 3.37. The maximum Gasteiger partial charge on any atom is 0.0900 e. The Labute approximate surface area is 112 Å². The van der Waals surface area contributed by atoms with Gasteiger partial charge in [0.15, 0.2) is 0 Å². The SMILES string of the molecule is Cc1nc(C)c(C(C)NCCc2ccccn2)s1. The summed E-state index contributed by atoms with van der Waals surface area (Å²) in [6, 6.07) is 6.40. The van der Waals surface area contributed by atoms with Gasteiger partial charge in [0.05, 0.1) is 10.7 Å². The molecule has 0 bridgehead atoms. The van der Waals surface area contributed by atoms with Gasteiger partial charge in [-0.05, 0) is 32.9 Å². The first-order valence-electron chi connectivity index (χ1n) is 6.24. The maximum atomic E-state index is 4.46. The van der Waals surface area contributed by atoms with Crippen LogP contribution in [0.1, 0.15) is 34.2 Å². The van der Waals surface area contributed by atoms with Crippen LogP contribution in [0.4, 0.5) is 0 Å². The Kier molecular flexibility index (Phi) is 4.44. The van der Waals surface area contributed by atoms with E-state index in [0.717, 1.165) is 29.4 Å². The molecule has 2 rings (SSSR count). The summed E-state index contributed by atoms with van der Waals surface area (Å²) in [5.74, 6) is 0. The summed E-state index contributed by atoms with van der Waals surface area (Å²) < 4.78 is 0. The zero-order chi connectivity index (χ0) is 13.0.